The number of carbonyl (C=O) groups is 1. The Morgan fingerprint density at radius 1 is 1.24 bits per heavy atom. The quantitative estimate of drug-likeness (QED) is 0.901. The predicted molar refractivity (Wildman–Crippen MR) is 97.3 cm³/mol. The number of fused-ring (bicyclic) bond motifs is 1. The Labute approximate surface area is 148 Å². The summed E-state index contributed by atoms with van der Waals surface area (Å²) in [6.07, 6.45) is 7.41. The summed E-state index contributed by atoms with van der Waals surface area (Å²) in [6, 6.07) is 10.7. The monoisotopic (exact) mass is 338 g/mol. The molecule has 1 aromatic carbocycles. The molecule has 0 saturated carbocycles. The molecule has 0 bridgehead atoms. The third kappa shape index (κ3) is 3.76. The maximum atomic E-state index is 12.6. The fourth-order valence-corrected chi connectivity index (χ4v) is 4.29. The van der Waals surface area contributed by atoms with Crippen molar-refractivity contribution >= 4 is 5.91 Å². The number of aryl methyl sites for hydroxylation is 1. The molecule has 2 aromatic rings. The van der Waals surface area contributed by atoms with E-state index in [9.17, 15) is 4.79 Å². The van der Waals surface area contributed by atoms with Gasteiger partial charge in [0, 0.05) is 24.4 Å². The molecule has 0 spiro atoms. The number of amides is 1. The molecule has 1 fully saturated rings. The highest BCUT2D eigenvalue weighted by atomic mass is 16.2. The highest BCUT2D eigenvalue weighted by molar-refractivity contribution is 5.78. The molecule has 2 heterocycles. The molecule has 1 saturated heterocycles. The van der Waals surface area contributed by atoms with Crippen LogP contribution >= 0.6 is 0 Å². The van der Waals surface area contributed by atoms with E-state index in [1.165, 1.54) is 16.8 Å². The molecule has 132 valence electrons. The molecule has 2 N–H and O–H groups in total. The maximum Gasteiger partial charge on any atom is 0.234 e. The number of H-pyrrole nitrogens is 1. The number of benzene rings is 1. The van der Waals surface area contributed by atoms with Crippen molar-refractivity contribution in [1.82, 2.24) is 20.4 Å². The zero-order valence-electron chi connectivity index (χ0n) is 14.6. The fraction of sp³-hybridized carbons (Fsp3) is 0.500. The fourth-order valence-electron chi connectivity index (χ4n) is 4.29. The van der Waals surface area contributed by atoms with E-state index < -0.39 is 0 Å². The van der Waals surface area contributed by atoms with E-state index >= 15 is 0 Å². The van der Waals surface area contributed by atoms with Gasteiger partial charge in [0.15, 0.2) is 0 Å². The lowest BCUT2D eigenvalue weighted by atomic mass is 9.88. The Kier molecular flexibility index (Phi) is 4.83. The number of hydrogen-bond donors (Lipinski definition) is 2. The van der Waals surface area contributed by atoms with Gasteiger partial charge in [-0.1, -0.05) is 24.3 Å². The second-order valence-corrected chi connectivity index (χ2v) is 7.30. The van der Waals surface area contributed by atoms with Gasteiger partial charge in [0.25, 0.3) is 0 Å². The lowest BCUT2D eigenvalue weighted by Gasteiger charge is -2.32. The van der Waals surface area contributed by atoms with Gasteiger partial charge < -0.3 is 5.32 Å². The van der Waals surface area contributed by atoms with E-state index in [0.717, 1.165) is 45.2 Å². The number of carbonyl (C=O) groups excluding carboxylic acids is 1. The normalized spacial score (nSPS) is 23.8. The summed E-state index contributed by atoms with van der Waals surface area (Å²) in [5.74, 6) is 0.603. The number of likely N-dealkylation sites (tertiary alicyclic amines) is 1. The van der Waals surface area contributed by atoms with Crippen molar-refractivity contribution in [2.75, 3.05) is 19.6 Å². The van der Waals surface area contributed by atoms with Gasteiger partial charge >= 0.3 is 0 Å². The molecule has 4 rings (SSSR count). The summed E-state index contributed by atoms with van der Waals surface area (Å²) in [7, 11) is 0. The van der Waals surface area contributed by atoms with Gasteiger partial charge in [0.1, 0.15) is 0 Å². The van der Waals surface area contributed by atoms with Crippen LogP contribution in [0.2, 0.25) is 0 Å². The molecule has 1 aromatic heterocycles. The summed E-state index contributed by atoms with van der Waals surface area (Å²) in [5, 5.41) is 10.4. The van der Waals surface area contributed by atoms with Gasteiger partial charge in [-0.05, 0) is 55.8 Å². The summed E-state index contributed by atoms with van der Waals surface area (Å²) >= 11 is 0. The van der Waals surface area contributed by atoms with Gasteiger partial charge in [-0.3, -0.25) is 14.8 Å². The second kappa shape index (κ2) is 7.40. The maximum absolute atomic E-state index is 12.6. The van der Waals surface area contributed by atoms with Crippen LogP contribution in [0.1, 0.15) is 54.5 Å². The minimum atomic E-state index is 0.145. The number of aromatic amines is 1. The third-order valence-corrected chi connectivity index (χ3v) is 5.54. The lowest BCUT2D eigenvalue weighted by molar-refractivity contribution is -0.123. The predicted octanol–water partition coefficient (Wildman–Crippen LogP) is 2.78. The lowest BCUT2D eigenvalue weighted by Crippen LogP contribution is -2.43. The van der Waals surface area contributed by atoms with Gasteiger partial charge in [0.05, 0.1) is 12.6 Å². The summed E-state index contributed by atoms with van der Waals surface area (Å²) in [6.45, 7) is 2.42. The van der Waals surface area contributed by atoms with Crippen molar-refractivity contribution in [3.8, 4) is 0 Å². The molecule has 5 nitrogen and oxygen atoms in total. The first-order chi connectivity index (χ1) is 12.3. The van der Waals surface area contributed by atoms with E-state index in [1.807, 2.05) is 12.3 Å². The molecule has 1 amide bonds. The van der Waals surface area contributed by atoms with Crippen LogP contribution in [-0.2, 0) is 11.2 Å². The molecule has 2 aliphatic rings. The molecular formula is C20H26N4O. The molecule has 2 atom stereocenters. The van der Waals surface area contributed by atoms with Crippen molar-refractivity contribution in [2.24, 2.45) is 0 Å². The van der Waals surface area contributed by atoms with Crippen LogP contribution in [0.25, 0.3) is 0 Å². The first-order valence-electron chi connectivity index (χ1n) is 9.38. The second-order valence-electron chi connectivity index (χ2n) is 7.30. The minimum Gasteiger partial charge on any atom is -0.348 e. The van der Waals surface area contributed by atoms with Crippen LogP contribution in [0, 0.1) is 0 Å². The Morgan fingerprint density at radius 2 is 2.16 bits per heavy atom. The number of hydrogen-bond acceptors (Lipinski definition) is 3. The van der Waals surface area contributed by atoms with Crippen molar-refractivity contribution in [1.29, 1.82) is 0 Å². The van der Waals surface area contributed by atoms with Gasteiger partial charge in [-0.25, -0.2) is 0 Å². The first kappa shape index (κ1) is 16.3. The van der Waals surface area contributed by atoms with Crippen LogP contribution in [0.5, 0.6) is 0 Å². The van der Waals surface area contributed by atoms with Crippen molar-refractivity contribution < 1.29 is 4.79 Å². The number of nitrogens with zero attached hydrogens (tertiary/aromatic N) is 2. The van der Waals surface area contributed by atoms with Crippen molar-refractivity contribution in [2.45, 2.75) is 44.1 Å². The van der Waals surface area contributed by atoms with E-state index in [2.05, 4.69) is 44.7 Å². The van der Waals surface area contributed by atoms with Crippen molar-refractivity contribution in [3.05, 3.63) is 53.3 Å². The summed E-state index contributed by atoms with van der Waals surface area (Å²) in [4.78, 5) is 14.9. The smallest absolute Gasteiger partial charge is 0.234 e. The topological polar surface area (TPSA) is 61.0 Å². The van der Waals surface area contributed by atoms with Crippen LogP contribution in [0.3, 0.4) is 0 Å². The molecule has 1 aliphatic carbocycles. The summed E-state index contributed by atoms with van der Waals surface area (Å²) < 4.78 is 0. The van der Waals surface area contributed by atoms with Gasteiger partial charge in [-0.2, -0.15) is 5.10 Å². The van der Waals surface area contributed by atoms with Crippen molar-refractivity contribution in [3.63, 3.8) is 0 Å². The Hall–Kier alpha value is -2.14. The minimum absolute atomic E-state index is 0.145. The molecule has 1 aliphatic heterocycles. The average Bonchev–Trinajstić information content (AvgIpc) is 3.17. The zero-order valence-corrected chi connectivity index (χ0v) is 14.6. The summed E-state index contributed by atoms with van der Waals surface area (Å²) in [5.41, 5.74) is 3.87. The van der Waals surface area contributed by atoms with Crippen LogP contribution in [0.4, 0.5) is 0 Å². The molecule has 0 radical (unpaired) electrons. The molecule has 0 unspecified atom stereocenters. The van der Waals surface area contributed by atoms with E-state index in [-0.39, 0.29) is 11.9 Å². The number of piperidine rings is 1. The van der Waals surface area contributed by atoms with Crippen LogP contribution in [0.15, 0.2) is 36.5 Å². The number of aromatic nitrogens is 2. The van der Waals surface area contributed by atoms with E-state index in [0.29, 0.717) is 12.5 Å². The Balaban J connectivity index is 1.35. The Morgan fingerprint density at radius 3 is 3.04 bits per heavy atom. The molecular weight excluding hydrogens is 312 g/mol. The van der Waals surface area contributed by atoms with Gasteiger partial charge in [-0.15, -0.1) is 0 Å². The van der Waals surface area contributed by atoms with E-state index in [1.54, 1.807) is 0 Å². The molecule has 5 heteroatoms. The standard InChI is InChI=1S/C20H26N4O/c25-20(22-19-9-3-6-15-5-1-2-8-17(15)19)14-24-12-4-7-16(13-24)18-10-11-21-23-18/h1-2,5,8,10-11,16,19H,3-4,6-7,9,12-14H2,(H,21,23)(H,22,25)/t16-,19-/m0/s1. The van der Waals surface area contributed by atoms with Gasteiger partial charge in [0.2, 0.25) is 5.91 Å². The third-order valence-electron chi connectivity index (χ3n) is 5.54. The SMILES string of the molecule is O=C(CN1CCC[C@H](c2ccn[nH]2)C1)N[C@H]1CCCc2ccccc21. The first-order valence-corrected chi connectivity index (χ1v) is 9.38. The number of rotatable bonds is 4. The average molecular weight is 338 g/mol. The zero-order chi connectivity index (χ0) is 17.1. The Bertz CT molecular complexity index is 712. The van der Waals surface area contributed by atoms with E-state index in [4.69, 9.17) is 0 Å². The van der Waals surface area contributed by atoms with Crippen LogP contribution in [-0.4, -0.2) is 40.6 Å². The largest absolute Gasteiger partial charge is 0.348 e. The highest BCUT2D eigenvalue weighted by Gasteiger charge is 2.26. The van der Waals surface area contributed by atoms with Crippen LogP contribution < -0.4 is 5.32 Å². The highest BCUT2D eigenvalue weighted by Crippen LogP contribution is 2.29. The number of nitrogens with one attached hydrogen (secondary N) is 2. The molecule has 25 heavy (non-hydrogen) atoms.